The largest absolute Gasteiger partial charge is 0.456 e. The van der Waals surface area contributed by atoms with Crippen LogP contribution >= 0.6 is 0 Å². The van der Waals surface area contributed by atoms with E-state index in [1.54, 1.807) is 0 Å². The quantitative estimate of drug-likeness (QED) is 0.153. The highest BCUT2D eigenvalue weighted by atomic mass is 16.3. The molecule has 0 saturated carbocycles. The van der Waals surface area contributed by atoms with Gasteiger partial charge in [0.25, 0.3) is 0 Å². The maximum atomic E-state index is 6.57. The fourth-order valence-electron chi connectivity index (χ4n) is 8.87. The SMILES string of the molecule is c1ccc(-c2cc(-c3ccccc3)nc(-c3ccc(-c4cc(-c5ccc(-c6nc(-c7ccccc7)cc(-c7cccc8ccccc78)n6)cc5)cc5oc6ccccc6c45)cc3)n2)cc1. The van der Waals surface area contributed by atoms with Gasteiger partial charge in [-0.05, 0) is 63.4 Å². The van der Waals surface area contributed by atoms with Crippen molar-refractivity contribution in [3.8, 4) is 90.1 Å². The first-order valence-corrected chi connectivity index (χ1v) is 21.8. The molecule has 0 aliphatic carbocycles. The molecular formula is C60H38N4O. The van der Waals surface area contributed by atoms with Crippen LogP contribution in [0.3, 0.4) is 0 Å². The second kappa shape index (κ2) is 16.2. The first-order valence-electron chi connectivity index (χ1n) is 21.8. The van der Waals surface area contributed by atoms with Gasteiger partial charge in [-0.1, -0.05) is 200 Å². The molecule has 12 aromatic rings. The summed E-state index contributed by atoms with van der Waals surface area (Å²) in [5, 5.41) is 4.48. The Kier molecular flexibility index (Phi) is 9.42. The topological polar surface area (TPSA) is 64.7 Å². The molecule has 0 unspecified atom stereocenters. The number of hydrogen-bond acceptors (Lipinski definition) is 5. The van der Waals surface area contributed by atoms with Crippen molar-refractivity contribution in [2.75, 3.05) is 0 Å². The van der Waals surface area contributed by atoms with E-state index in [1.807, 2.05) is 66.7 Å². The molecule has 0 aliphatic rings. The summed E-state index contributed by atoms with van der Waals surface area (Å²) in [5.41, 5.74) is 15.5. The average molecular weight is 831 g/mol. The van der Waals surface area contributed by atoms with E-state index < -0.39 is 0 Å². The molecule has 5 heteroatoms. The van der Waals surface area contributed by atoms with E-state index in [1.165, 1.54) is 5.39 Å². The monoisotopic (exact) mass is 830 g/mol. The summed E-state index contributed by atoms with van der Waals surface area (Å²) >= 11 is 0. The zero-order valence-electron chi connectivity index (χ0n) is 35.1. The first-order chi connectivity index (χ1) is 32.2. The van der Waals surface area contributed by atoms with Crippen molar-refractivity contribution in [3.63, 3.8) is 0 Å². The molecule has 0 aliphatic heterocycles. The van der Waals surface area contributed by atoms with Crippen molar-refractivity contribution < 1.29 is 4.42 Å². The van der Waals surface area contributed by atoms with Crippen LogP contribution in [0.2, 0.25) is 0 Å². The Morgan fingerprint density at radius 3 is 1.32 bits per heavy atom. The van der Waals surface area contributed by atoms with Crippen LogP contribution in [0.4, 0.5) is 0 Å². The van der Waals surface area contributed by atoms with Crippen LogP contribution < -0.4 is 0 Å². The number of rotatable bonds is 8. The van der Waals surface area contributed by atoms with Crippen molar-refractivity contribution in [1.29, 1.82) is 0 Å². The second-order valence-corrected chi connectivity index (χ2v) is 16.2. The van der Waals surface area contributed by atoms with Crippen molar-refractivity contribution >= 4 is 32.7 Å². The highest BCUT2D eigenvalue weighted by Crippen LogP contribution is 2.41. The van der Waals surface area contributed by atoms with Crippen molar-refractivity contribution in [2.45, 2.75) is 0 Å². The smallest absolute Gasteiger partial charge is 0.160 e. The first kappa shape index (κ1) is 37.9. The molecule has 9 aromatic carbocycles. The van der Waals surface area contributed by atoms with Crippen molar-refractivity contribution in [3.05, 3.63) is 231 Å². The normalized spacial score (nSPS) is 11.4. The van der Waals surface area contributed by atoms with E-state index in [0.29, 0.717) is 11.6 Å². The van der Waals surface area contributed by atoms with E-state index in [9.17, 15) is 0 Å². The lowest BCUT2D eigenvalue weighted by Crippen LogP contribution is -1.96. The summed E-state index contributed by atoms with van der Waals surface area (Å²) < 4.78 is 6.57. The minimum atomic E-state index is 0.670. The molecule has 3 aromatic heterocycles. The van der Waals surface area contributed by atoms with Crippen molar-refractivity contribution in [2.24, 2.45) is 0 Å². The molecule has 3 heterocycles. The van der Waals surface area contributed by atoms with Crippen LogP contribution in [0.1, 0.15) is 0 Å². The third kappa shape index (κ3) is 7.21. The molecule has 0 radical (unpaired) electrons. The molecule has 0 N–H and O–H groups in total. The van der Waals surface area contributed by atoms with Gasteiger partial charge >= 0.3 is 0 Å². The molecule has 304 valence electrons. The summed E-state index contributed by atoms with van der Waals surface area (Å²) in [6.45, 7) is 0. The van der Waals surface area contributed by atoms with Gasteiger partial charge in [0.1, 0.15) is 11.2 Å². The number of para-hydroxylation sites is 1. The van der Waals surface area contributed by atoms with Gasteiger partial charge in [-0.25, -0.2) is 19.9 Å². The predicted octanol–water partition coefficient (Wildman–Crippen LogP) is 15.7. The Bertz CT molecular complexity index is 3620. The summed E-state index contributed by atoms with van der Waals surface area (Å²) in [6, 6.07) is 79.7. The van der Waals surface area contributed by atoms with Gasteiger partial charge in [-0.15, -0.1) is 0 Å². The van der Waals surface area contributed by atoms with Crippen LogP contribution in [-0.4, -0.2) is 19.9 Å². The van der Waals surface area contributed by atoms with Crippen LogP contribution in [-0.2, 0) is 0 Å². The van der Waals surface area contributed by atoms with Gasteiger partial charge in [0.15, 0.2) is 11.6 Å². The number of benzene rings is 9. The molecule has 0 atom stereocenters. The summed E-state index contributed by atoms with van der Waals surface area (Å²) in [7, 11) is 0. The van der Waals surface area contributed by atoms with Gasteiger partial charge in [0.2, 0.25) is 0 Å². The predicted molar refractivity (Wildman–Crippen MR) is 266 cm³/mol. The lowest BCUT2D eigenvalue weighted by atomic mass is 9.93. The fraction of sp³-hybridized carbons (Fsp3) is 0. The van der Waals surface area contributed by atoms with Crippen LogP contribution in [0.5, 0.6) is 0 Å². The molecule has 5 nitrogen and oxygen atoms in total. The van der Waals surface area contributed by atoms with E-state index in [-0.39, 0.29) is 0 Å². The van der Waals surface area contributed by atoms with Gasteiger partial charge in [-0.2, -0.15) is 0 Å². The third-order valence-corrected chi connectivity index (χ3v) is 12.1. The standard InChI is InChI=1S/C60H38N4O/c1-4-16-42(17-5-1)52-37-53(43-18-6-2-7-19-43)62-59(61-52)46-33-29-41(30-34-46)51-35-47(36-57-58(51)50-24-12-13-26-56(50)65-57)39-27-31-45(32-28-39)60-63-54(44-20-8-3-9-21-44)38-55(64-60)49-25-14-22-40-15-10-11-23-48(40)49/h1-38H. The molecule has 0 fully saturated rings. The van der Waals surface area contributed by atoms with Gasteiger partial charge in [-0.3, -0.25) is 0 Å². The van der Waals surface area contributed by atoms with Gasteiger partial charge in [0, 0.05) is 44.2 Å². The van der Waals surface area contributed by atoms with Crippen LogP contribution in [0.25, 0.3) is 123 Å². The molecule has 0 saturated heterocycles. The molecule has 65 heavy (non-hydrogen) atoms. The Hall–Kier alpha value is -8.80. The lowest BCUT2D eigenvalue weighted by Gasteiger charge is -2.12. The second-order valence-electron chi connectivity index (χ2n) is 16.2. The van der Waals surface area contributed by atoms with E-state index in [2.05, 4.69) is 164 Å². The highest BCUT2D eigenvalue weighted by Gasteiger charge is 2.18. The minimum absolute atomic E-state index is 0.670. The van der Waals surface area contributed by atoms with Crippen LogP contribution in [0, 0.1) is 0 Å². The molecule has 12 rings (SSSR count). The Morgan fingerprint density at radius 2 is 0.723 bits per heavy atom. The fourth-order valence-corrected chi connectivity index (χ4v) is 8.87. The third-order valence-electron chi connectivity index (χ3n) is 12.1. The van der Waals surface area contributed by atoms with Crippen LogP contribution in [0.15, 0.2) is 235 Å². The minimum Gasteiger partial charge on any atom is -0.456 e. The average Bonchev–Trinajstić information content (AvgIpc) is 3.77. The number of fused-ring (bicyclic) bond motifs is 4. The van der Waals surface area contributed by atoms with E-state index >= 15 is 0 Å². The van der Waals surface area contributed by atoms with Gasteiger partial charge in [0.05, 0.1) is 22.8 Å². The number of aromatic nitrogens is 4. The summed E-state index contributed by atoms with van der Waals surface area (Å²) in [6.07, 6.45) is 0. The molecule has 0 bridgehead atoms. The maximum absolute atomic E-state index is 6.57. The van der Waals surface area contributed by atoms with E-state index in [4.69, 9.17) is 24.4 Å². The number of nitrogens with zero attached hydrogens (tertiary/aromatic N) is 4. The maximum Gasteiger partial charge on any atom is 0.160 e. The van der Waals surface area contributed by atoms with E-state index in [0.717, 1.165) is 106 Å². The number of hydrogen-bond donors (Lipinski definition) is 0. The molecule has 0 spiro atoms. The molecule has 0 amide bonds. The van der Waals surface area contributed by atoms with Crippen molar-refractivity contribution in [1.82, 2.24) is 19.9 Å². The zero-order chi connectivity index (χ0) is 43.1. The summed E-state index contributed by atoms with van der Waals surface area (Å²) in [5.74, 6) is 1.34. The number of furan rings is 1. The lowest BCUT2D eigenvalue weighted by molar-refractivity contribution is 0.669. The highest BCUT2D eigenvalue weighted by molar-refractivity contribution is 6.13. The Balaban J connectivity index is 0.942. The molecular weight excluding hydrogens is 793 g/mol. The Morgan fingerprint density at radius 1 is 0.262 bits per heavy atom. The Labute approximate surface area is 376 Å². The zero-order valence-corrected chi connectivity index (χ0v) is 35.1. The van der Waals surface area contributed by atoms with Gasteiger partial charge < -0.3 is 4.42 Å². The summed E-state index contributed by atoms with van der Waals surface area (Å²) in [4.78, 5) is 20.5.